The highest BCUT2D eigenvalue weighted by Gasteiger charge is 2.13. The van der Waals surface area contributed by atoms with Crippen LogP contribution in [0.1, 0.15) is 16.1 Å². The van der Waals surface area contributed by atoms with E-state index in [0.29, 0.717) is 28.4 Å². The summed E-state index contributed by atoms with van der Waals surface area (Å²) >= 11 is 3.12. The van der Waals surface area contributed by atoms with Crippen LogP contribution >= 0.6 is 23.1 Å². The number of aromatic nitrogens is 3. The minimum Gasteiger partial charge on any atom is -0.322 e. The number of thioether (sulfide) groups is 1. The Labute approximate surface area is 167 Å². The molecule has 0 aliphatic rings. The van der Waals surface area contributed by atoms with Crippen molar-refractivity contribution >= 4 is 34.7 Å². The highest BCUT2D eigenvalue weighted by atomic mass is 32.2. The maximum atomic E-state index is 12.8. The average Bonchev–Trinajstić information content (AvgIpc) is 3.38. The standard InChI is InChI=1S/C19H14N4O3S2/c24-18(15-6-1-2-7-16(15)28-10-14-9-27-11-20-14)21-13-5-3-4-12(8-13)17-22-19(25)26-23-17/h1-9,11H,10H2,(H,21,24)(H,22,23,25). The van der Waals surface area contributed by atoms with Gasteiger partial charge >= 0.3 is 5.76 Å². The van der Waals surface area contributed by atoms with Crippen LogP contribution in [-0.4, -0.2) is 21.0 Å². The largest absolute Gasteiger partial charge is 0.439 e. The topological polar surface area (TPSA) is 101 Å². The first-order valence-electron chi connectivity index (χ1n) is 8.26. The summed E-state index contributed by atoms with van der Waals surface area (Å²) in [4.78, 5) is 31.6. The lowest BCUT2D eigenvalue weighted by Gasteiger charge is -2.10. The Morgan fingerprint density at radius 2 is 2.11 bits per heavy atom. The number of hydrogen-bond acceptors (Lipinski definition) is 7. The fourth-order valence-electron chi connectivity index (χ4n) is 2.54. The molecule has 0 atom stereocenters. The molecule has 0 unspecified atom stereocenters. The Balaban J connectivity index is 1.52. The fourth-order valence-corrected chi connectivity index (χ4v) is 4.15. The van der Waals surface area contributed by atoms with E-state index >= 15 is 0 Å². The highest BCUT2D eigenvalue weighted by Crippen LogP contribution is 2.27. The summed E-state index contributed by atoms with van der Waals surface area (Å²) in [6, 6.07) is 14.5. The summed E-state index contributed by atoms with van der Waals surface area (Å²) in [5.41, 5.74) is 4.59. The SMILES string of the molecule is O=C(Nc1cccc(-c2noc(=O)[nH]2)c1)c1ccccc1SCc1cscn1. The zero-order valence-corrected chi connectivity index (χ0v) is 16.0. The van der Waals surface area contributed by atoms with E-state index in [1.807, 2.05) is 23.6 Å². The molecular formula is C19H14N4O3S2. The monoisotopic (exact) mass is 410 g/mol. The van der Waals surface area contributed by atoms with Crippen molar-refractivity contribution in [3.63, 3.8) is 0 Å². The first-order valence-corrected chi connectivity index (χ1v) is 10.2. The predicted octanol–water partition coefficient (Wildman–Crippen LogP) is 4.03. The Bertz CT molecular complexity index is 1150. The van der Waals surface area contributed by atoms with Gasteiger partial charge in [-0.1, -0.05) is 29.4 Å². The Hall–Kier alpha value is -3.17. The molecular weight excluding hydrogens is 396 g/mol. The van der Waals surface area contributed by atoms with Crippen LogP contribution in [0.4, 0.5) is 5.69 Å². The van der Waals surface area contributed by atoms with E-state index in [1.54, 1.807) is 58.9 Å². The molecule has 0 saturated carbocycles. The maximum absolute atomic E-state index is 12.8. The van der Waals surface area contributed by atoms with Crippen molar-refractivity contribution in [3.05, 3.63) is 81.2 Å². The zero-order chi connectivity index (χ0) is 19.3. The van der Waals surface area contributed by atoms with E-state index in [2.05, 4.69) is 25.0 Å². The van der Waals surface area contributed by atoms with Crippen LogP contribution in [0, 0.1) is 0 Å². The number of rotatable bonds is 6. The van der Waals surface area contributed by atoms with Crippen molar-refractivity contribution in [1.82, 2.24) is 15.1 Å². The summed E-state index contributed by atoms with van der Waals surface area (Å²) < 4.78 is 4.53. The van der Waals surface area contributed by atoms with E-state index < -0.39 is 5.76 Å². The van der Waals surface area contributed by atoms with Crippen molar-refractivity contribution in [2.45, 2.75) is 10.6 Å². The number of benzene rings is 2. The quantitative estimate of drug-likeness (QED) is 0.466. The van der Waals surface area contributed by atoms with Crippen molar-refractivity contribution in [3.8, 4) is 11.4 Å². The van der Waals surface area contributed by atoms with Crippen LogP contribution in [0.25, 0.3) is 11.4 Å². The van der Waals surface area contributed by atoms with Crippen LogP contribution in [0.5, 0.6) is 0 Å². The van der Waals surface area contributed by atoms with Gasteiger partial charge in [-0.05, 0) is 24.3 Å². The third kappa shape index (κ3) is 4.21. The molecule has 2 heterocycles. The van der Waals surface area contributed by atoms with Crippen molar-refractivity contribution in [2.24, 2.45) is 0 Å². The van der Waals surface area contributed by atoms with Gasteiger partial charge in [0.15, 0.2) is 5.82 Å². The molecule has 4 rings (SSSR count). The average molecular weight is 410 g/mol. The third-order valence-corrected chi connectivity index (χ3v) is 5.57. The normalized spacial score (nSPS) is 10.7. The molecule has 0 aliphatic heterocycles. The molecule has 2 aromatic heterocycles. The molecule has 0 aliphatic carbocycles. The summed E-state index contributed by atoms with van der Waals surface area (Å²) in [6.45, 7) is 0. The van der Waals surface area contributed by atoms with Crippen LogP contribution in [0.2, 0.25) is 0 Å². The van der Waals surface area contributed by atoms with E-state index in [1.165, 1.54) is 0 Å². The van der Waals surface area contributed by atoms with Crippen LogP contribution in [0.3, 0.4) is 0 Å². The molecule has 7 nitrogen and oxygen atoms in total. The molecule has 140 valence electrons. The number of nitrogens with one attached hydrogen (secondary N) is 2. The second-order valence-corrected chi connectivity index (χ2v) is 7.48. The van der Waals surface area contributed by atoms with E-state index in [-0.39, 0.29) is 5.91 Å². The van der Waals surface area contributed by atoms with Crippen LogP contribution in [0.15, 0.2) is 73.6 Å². The van der Waals surface area contributed by atoms with Gasteiger partial charge in [-0.25, -0.2) is 9.78 Å². The van der Waals surface area contributed by atoms with Crippen LogP contribution in [-0.2, 0) is 5.75 Å². The number of amides is 1. The van der Waals surface area contributed by atoms with Gasteiger partial charge in [0.1, 0.15) is 0 Å². The lowest BCUT2D eigenvalue weighted by Crippen LogP contribution is -2.13. The molecule has 0 fully saturated rings. The van der Waals surface area contributed by atoms with Gasteiger partial charge in [0.05, 0.1) is 16.8 Å². The van der Waals surface area contributed by atoms with Crippen molar-refractivity contribution in [1.29, 1.82) is 0 Å². The number of anilines is 1. The van der Waals surface area contributed by atoms with E-state index in [4.69, 9.17) is 0 Å². The van der Waals surface area contributed by atoms with E-state index in [9.17, 15) is 9.59 Å². The second kappa shape index (κ2) is 8.24. The van der Waals surface area contributed by atoms with Gasteiger partial charge in [0.25, 0.3) is 5.91 Å². The number of thiazole rings is 1. The van der Waals surface area contributed by atoms with Crippen molar-refractivity contribution in [2.75, 3.05) is 5.32 Å². The third-order valence-electron chi connectivity index (χ3n) is 3.82. The summed E-state index contributed by atoms with van der Waals surface area (Å²) in [5, 5.41) is 8.55. The maximum Gasteiger partial charge on any atom is 0.439 e. The lowest BCUT2D eigenvalue weighted by molar-refractivity contribution is 0.102. The number of hydrogen-bond donors (Lipinski definition) is 2. The number of carbonyl (C=O) groups excluding carboxylic acids is 1. The highest BCUT2D eigenvalue weighted by molar-refractivity contribution is 7.98. The van der Waals surface area contributed by atoms with Gasteiger partial charge in [0, 0.05) is 27.3 Å². The van der Waals surface area contributed by atoms with Gasteiger partial charge in [-0.2, -0.15) is 0 Å². The minimum absolute atomic E-state index is 0.216. The number of aromatic amines is 1. The molecule has 2 N–H and O–H groups in total. The predicted molar refractivity (Wildman–Crippen MR) is 109 cm³/mol. The summed E-state index contributed by atoms with van der Waals surface area (Å²) in [6.07, 6.45) is 0. The molecule has 0 saturated heterocycles. The van der Waals surface area contributed by atoms with Gasteiger partial charge in [-0.3, -0.25) is 14.3 Å². The van der Waals surface area contributed by atoms with Gasteiger partial charge in [0.2, 0.25) is 0 Å². The number of H-pyrrole nitrogens is 1. The molecule has 0 bridgehead atoms. The first-order chi connectivity index (χ1) is 13.7. The fraction of sp³-hybridized carbons (Fsp3) is 0.0526. The smallest absolute Gasteiger partial charge is 0.322 e. The second-order valence-electron chi connectivity index (χ2n) is 5.74. The molecule has 0 spiro atoms. The minimum atomic E-state index is -0.629. The lowest BCUT2D eigenvalue weighted by atomic mass is 10.1. The molecule has 0 radical (unpaired) electrons. The number of carbonyl (C=O) groups is 1. The molecule has 1 amide bonds. The summed E-state index contributed by atoms with van der Waals surface area (Å²) in [5.74, 6) is 0.158. The van der Waals surface area contributed by atoms with Crippen LogP contribution < -0.4 is 11.1 Å². The Morgan fingerprint density at radius 1 is 1.21 bits per heavy atom. The molecule has 28 heavy (non-hydrogen) atoms. The molecule has 2 aromatic carbocycles. The molecule has 9 heteroatoms. The zero-order valence-electron chi connectivity index (χ0n) is 14.4. The van der Waals surface area contributed by atoms with Crippen molar-refractivity contribution < 1.29 is 9.32 Å². The van der Waals surface area contributed by atoms with Gasteiger partial charge < -0.3 is 5.32 Å². The number of nitrogens with zero attached hydrogens (tertiary/aromatic N) is 2. The molecule has 4 aromatic rings. The van der Waals surface area contributed by atoms with Gasteiger partial charge in [-0.15, -0.1) is 23.1 Å². The Morgan fingerprint density at radius 3 is 2.89 bits per heavy atom. The first kappa shape index (κ1) is 18.2. The Kier molecular flexibility index (Phi) is 5.36. The summed E-state index contributed by atoms with van der Waals surface area (Å²) in [7, 11) is 0. The van der Waals surface area contributed by atoms with E-state index in [0.717, 1.165) is 10.6 Å².